The molecule has 0 aliphatic carbocycles. The van der Waals surface area contributed by atoms with Gasteiger partial charge in [-0.25, -0.2) is 0 Å². The summed E-state index contributed by atoms with van der Waals surface area (Å²) in [6.45, 7) is 3.39. The quantitative estimate of drug-likeness (QED) is 0.874. The van der Waals surface area contributed by atoms with Gasteiger partial charge in [0, 0.05) is 12.2 Å². The van der Waals surface area contributed by atoms with E-state index in [4.69, 9.17) is 4.74 Å². The molecule has 140 valence electrons. The maximum atomic E-state index is 12.8. The fourth-order valence-electron chi connectivity index (χ4n) is 3.64. The van der Waals surface area contributed by atoms with Gasteiger partial charge < -0.3 is 15.4 Å². The highest BCUT2D eigenvalue weighted by Crippen LogP contribution is 2.32. The summed E-state index contributed by atoms with van der Waals surface area (Å²) >= 11 is 0. The highest BCUT2D eigenvalue weighted by atomic mass is 16.5. The third-order valence-corrected chi connectivity index (χ3v) is 5.07. The van der Waals surface area contributed by atoms with Gasteiger partial charge in [-0.1, -0.05) is 30.3 Å². The van der Waals surface area contributed by atoms with Gasteiger partial charge >= 0.3 is 0 Å². The number of carbonyl (C=O) groups excluding carboxylic acids is 2. The minimum Gasteiger partial charge on any atom is -0.479 e. The highest BCUT2D eigenvalue weighted by molar-refractivity contribution is 6.00. The number of benzene rings is 2. The number of likely N-dealkylation sites (tertiary alicyclic amines) is 1. The van der Waals surface area contributed by atoms with Crippen molar-refractivity contribution >= 4 is 23.2 Å². The van der Waals surface area contributed by atoms with E-state index in [-0.39, 0.29) is 17.9 Å². The molecule has 0 spiro atoms. The van der Waals surface area contributed by atoms with Crippen molar-refractivity contribution in [3.63, 3.8) is 0 Å². The smallest absolute Gasteiger partial charge is 0.265 e. The summed E-state index contributed by atoms with van der Waals surface area (Å²) in [5.74, 6) is 0.419. The van der Waals surface area contributed by atoms with E-state index >= 15 is 0 Å². The standard InChI is InChI=1S/C21H23N3O3/c1-14-20(25)23-17-12-16(9-10-19(17)27-14)22-21(26)18-8-5-11-24(18)13-15-6-3-2-4-7-15/h2-4,6-7,9-10,12,14,18H,5,8,11,13H2,1H3,(H,22,26)(H,23,25). The van der Waals surface area contributed by atoms with E-state index in [1.165, 1.54) is 5.56 Å². The first-order valence-electron chi connectivity index (χ1n) is 9.30. The van der Waals surface area contributed by atoms with E-state index in [1.807, 2.05) is 18.2 Å². The normalized spacial score (nSPS) is 21.9. The number of rotatable bonds is 4. The van der Waals surface area contributed by atoms with Crippen LogP contribution in [0.25, 0.3) is 0 Å². The molecule has 1 saturated heterocycles. The van der Waals surface area contributed by atoms with Gasteiger partial charge in [0.25, 0.3) is 5.91 Å². The lowest BCUT2D eigenvalue weighted by Crippen LogP contribution is -2.39. The average molecular weight is 365 g/mol. The van der Waals surface area contributed by atoms with E-state index in [2.05, 4.69) is 27.7 Å². The fourth-order valence-corrected chi connectivity index (χ4v) is 3.64. The zero-order chi connectivity index (χ0) is 18.8. The minimum absolute atomic E-state index is 0.0141. The lowest BCUT2D eigenvalue weighted by molar-refractivity contribution is -0.122. The average Bonchev–Trinajstić information content (AvgIpc) is 3.12. The Kier molecular flexibility index (Phi) is 4.81. The Bertz CT molecular complexity index is 853. The van der Waals surface area contributed by atoms with E-state index in [0.717, 1.165) is 25.9 Å². The number of carbonyl (C=O) groups is 2. The lowest BCUT2D eigenvalue weighted by Gasteiger charge is -2.25. The molecule has 2 atom stereocenters. The summed E-state index contributed by atoms with van der Waals surface area (Å²) in [5, 5.41) is 5.80. The van der Waals surface area contributed by atoms with Crippen LogP contribution in [0.15, 0.2) is 48.5 Å². The van der Waals surface area contributed by atoms with Gasteiger partial charge in [-0.3, -0.25) is 14.5 Å². The summed E-state index contributed by atoms with van der Waals surface area (Å²) in [5.41, 5.74) is 2.45. The molecule has 2 heterocycles. The van der Waals surface area contributed by atoms with Crippen molar-refractivity contribution in [2.75, 3.05) is 17.2 Å². The second-order valence-corrected chi connectivity index (χ2v) is 7.06. The minimum atomic E-state index is -0.511. The van der Waals surface area contributed by atoms with Gasteiger partial charge in [-0.15, -0.1) is 0 Å². The van der Waals surface area contributed by atoms with Crippen LogP contribution in [0, 0.1) is 0 Å². The molecule has 27 heavy (non-hydrogen) atoms. The molecule has 2 N–H and O–H groups in total. The molecule has 2 unspecified atom stereocenters. The number of hydrogen-bond acceptors (Lipinski definition) is 4. The number of hydrogen-bond donors (Lipinski definition) is 2. The number of nitrogens with zero attached hydrogens (tertiary/aromatic N) is 1. The molecule has 1 fully saturated rings. The summed E-state index contributed by atoms with van der Waals surface area (Å²) < 4.78 is 5.55. The second kappa shape index (κ2) is 7.40. The molecule has 0 radical (unpaired) electrons. The second-order valence-electron chi connectivity index (χ2n) is 7.06. The maximum Gasteiger partial charge on any atom is 0.265 e. The first kappa shape index (κ1) is 17.5. The van der Waals surface area contributed by atoms with Crippen molar-refractivity contribution in [3.05, 3.63) is 54.1 Å². The first-order valence-corrected chi connectivity index (χ1v) is 9.30. The molecule has 0 aromatic heterocycles. The highest BCUT2D eigenvalue weighted by Gasteiger charge is 2.31. The third-order valence-electron chi connectivity index (χ3n) is 5.07. The van der Waals surface area contributed by atoms with Gasteiger partial charge in [0.15, 0.2) is 6.10 Å². The van der Waals surface area contributed by atoms with Crippen molar-refractivity contribution < 1.29 is 14.3 Å². The molecule has 2 aliphatic heterocycles. The molecule has 2 amide bonds. The number of anilines is 2. The van der Waals surface area contributed by atoms with Gasteiger partial charge in [0.2, 0.25) is 5.91 Å². The Morgan fingerprint density at radius 3 is 2.89 bits per heavy atom. The molecule has 2 aliphatic rings. The van der Waals surface area contributed by atoms with Gasteiger partial charge in [-0.2, -0.15) is 0 Å². The van der Waals surface area contributed by atoms with Crippen molar-refractivity contribution in [3.8, 4) is 5.75 Å². The van der Waals surface area contributed by atoms with Crippen LogP contribution in [0.2, 0.25) is 0 Å². The third kappa shape index (κ3) is 3.80. The molecular weight excluding hydrogens is 342 g/mol. The van der Waals surface area contributed by atoms with Crippen LogP contribution >= 0.6 is 0 Å². The van der Waals surface area contributed by atoms with E-state index in [0.29, 0.717) is 17.1 Å². The Hall–Kier alpha value is -2.86. The number of nitrogens with one attached hydrogen (secondary N) is 2. The van der Waals surface area contributed by atoms with Gasteiger partial charge in [0.05, 0.1) is 11.7 Å². The van der Waals surface area contributed by atoms with Crippen molar-refractivity contribution in [1.82, 2.24) is 4.90 Å². The van der Waals surface area contributed by atoms with Crippen LogP contribution in [0.5, 0.6) is 5.75 Å². The van der Waals surface area contributed by atoms with Crippen LogP contribution in [-0.4, -0.2) is 35.4 Å². The largest absolute Gasteiger partial charge is 0.479 e. The van der Waals surface area contributed by atoms with E-state index in [9.17, 15) is 9.59 Å². The van der Waals surface area contributed by atoms with Crippen LogP contribution in [0.4, 0.5) is 11.4 Å². The number of ether oxygens (including phenoxy) is 1. The molecule has 0 bridgehead atoms. The molecule has 4 rings (SSSR count). The molecule has 2 aromatic rings. The van der Waals surface area contributed by atoms with Crippen molar-refractivity contribution in [2.45, 2.75) is 38.5 Å². The van der Waals surface area contributed by atoms with Crippen LogP contribution in [0.3, 0.4) is 0 Å². The fraction of sp³-hybridized carbons (Fsp3) is 0.333. The summed E-state index contributed by atoms with van der Waals surface area (Å²) in [7, 11) is 0. The molecular formula is C21H23N3O3. The summed E-state index contributed by atoms with van der Waals surface area (Å²) in [4.78, 5) is 26.8. The van der Waals surface area contributed by atoms with E-state index in [1.54, 1.807) is 25.1 Å². The SMILES string of the molecule is CC1Oc2ccc(NC(=O)C3CCCN3Cc3ccccc3)cc2NC1=O. The first-order chi connectivity index (χ1) is 13.1. The zero-order valence-corrected chi connectivity index (χ0v) is 15.3. The predicted octanol–water partition coefficient (Wildman–Crippen LogP) is 3.01. The monoisotopic (exact) mass is 365 g/mol. The number of fused-ring (bicyclic) bond motifs is 1. The maximum absolute atomic E-state index is 12.8. The van der Waals surface area contributed by atoms with Crippen LogP contribution < -0.4 is 15.4 Å². The van der Waals surface area contributed by atoms with Crippen LogP contribution in [0.1, 0.15) is 25.3 Å². The van der Waals surface area contributed by atoms with Gasteiger partial charge in [0.1, 0.15) is 5.75 Å². The summed E-state index contributed by atoms with van der Waals surface area (Å²) in [6.07, 6.45) is 1.35. The topological polar surface area (TPSA) is 70.7 Å². The Morgan fingerprint density at radius 1 is 1.26 bits per heavy atom. The van der Waals surface area contributed by atoms with Gasteiger partial charge in [-0.05, 0) is 50.1 Å². The zero-order valence-electron chi connectivity index (χ0n) is 15.3. The molecule has 2 aromatic carbocycles. The predicted molar refractivity (Wildman–Crippen MR) is 104 cm³/mol. The number of amides is 2. The van der Waals surface area contributed by atoms with Crippen LogP contribution in [-0.2, 0) is 16.1 Å². The Balaban J connectivity index is 1.44. The van der Waals surface area contributed by atoms with E-state index < -0.39 is 6.10 Å². The van der Waals surface area contributed by atoms with Crippen molar-refractivity contribution in [1.29, 1.82) is 0 Å². The molecule has 0 saturated carbocycles. The summed E-state index contributed by atoms with van der Waals surface area (Å²) in [6, 6.07) is 15.4. The Morgan fingerprint density at radius 2 is 2.07 bits per heavy atom. The van der Waals surface area contributed by atoms with Crippen molar-refractivity contribution in [2.24, 2.45) is 0 Å². The molecule has 6 nitrogen and oxygen atoms in total. The molecule has 6 heteroatoms. The lowest BCUT2D eigenvalue weighted by atomic mass is 10.1. The Labute approximate surface area is 158 Å².